The molecule has 6 heteroatoms. The first kappa shape index (κ1) is 17.9. The molecule has 0 fully saturated rings. The summed E-state index contributed by atoms with van der Waals surface area (Å²) in [5, 5.41) is 6.61. The van der Waals surface area contributed by atoms with Gasteiger partial charge >= 0.3 is 0 Å². The Labute approximate surface area is 157 Å². The minimum absolute atomic E-state index is 0.280. The zero-order valence-electron chi connectivity index (χ0n) is 14.8. The Kier molecular flexibility index (Phi) is 5.19. The molecule has 132 valence electrons. The maximum absolute atomic E-state index is 12.6. The van der Waals surface area contributed by atoms with Crippen LogP contribution in [-0.2, 0) is 0 Å². The van der Waals surface area contributed by atoms with Gasteiger partial charge in [0.15, 0.2) is 0 Å². The van der Waals surface area contributed by atoms with E-state index in [1.807, 2.05) is 51.1 Å². The van der Waals surface area contributed by atoms with Crippen molar-refractivity contribution in [3.63, 3.8) is 0 Å². The van der Waals surface area contributed by atoms with Crippen molar-refractivity contribution in [2.24, 2.45) is 0 Å². The second-order valence-electron chi connectivity index (χ2n) is 6.10. The molecule has 5 nitrogen and oxygen atoms in total. The van der Waals surface area contributed by atoms with Crippen LogP contribution >= 0.6 is 11.6 Å². The number of rotatable bonds is 4. The highest BCUT2D eigenvalue weighted by Gasteiger charge is 2.12. The number of nitrogens with one attached hydrogen (secondary N) is 2. The Hall–Kier alpha value is -2.92. The van der Waals surface area contributed by atoms with E-state index in [1.54, 1.807) is 18.2 Å². The zero-order chi connectivity index (χ0) is 18.7. The Morgan fingerprint density at radius 3 is 2.27 bits per heavy atom. The van der Waals surface area contributed by atoms with E-state index in [4.69, 9.17) is 11.6 Å². The lowest BCUT2D eigenvalue weighted by Crippen LogP contribution is -2.15. The maximum Gasteiger partial charge on any atom is 0.274 e. The van der Waals surface area contributed by atoms with Crippen LogP contribution in [0, 0.1) is 20.8 Å². The second kappa shape index (κ2) is 7.54. The molecule has 1 heterocycles. The van der Waals surface area contributed by atoms with E-state index >= 15 is 0 Å². The number of carbonyl (C=O) groups excluding carboxylic acids is 1. The highest BCUT2D eigenvalue weighted by atomic mass is 35.5. The topological polar surface area (TPSA) is 66.9 Å². The van der Waals surface area contributed by atoms with Crippen molar-refractivity contribution in [2.75, 3.05) is 10.6 Å². The lowest BCUT2D eigenvalue weighted by Gasteiger charge is -2.10. The van der Waals surface area contributed by atoms with Gasteiger partial charge in [-0.1, -0.05) is 17.7 Å². The fourth-order valence-electron chi connectivity index (χ4n) is 2.42. The Bertz CT molecular complexity index is 955. The monoisotopic (exact) mass is 366 g/mol. The van der Waals surface area contributed by atoms with Crippen LogP contribution in [0.15, 0.2) is 48.5 Å². The number of aryl methyl sites for hydroxylation is 3. The van der Waals surface area contributed by atoms with Gasteiger partial charge in [0.25, 0.3) is 5.91 Å². The van der Waals surface area contributed by atoms with Crippen LogP contribution in [0.1, 0.15) is 27.3 Å². The van der Waals surface area contributed by atoms with Gasteiger partial charge in [0.05, 0.1) is 0 Å². The minimum atomic E-state index is -0.280. The van der Waals surface area contributed by atoms with Crippen LogP contribution < -0.4 is 10.6 Å². The van der Waals surface area contributed by atoms with E-state index in [-0.39, 0.29) is 5.91 Å². The van der Waals surface area contributed by atoms with Crippen molar-refractivity contribution in [1.29, 1.82) is 0 Å². The predicted octanol–water partition coefficient (Wildman–Crippen LogP) is 5.05. The summed E-state index contributed by atoms with van der Waals surface area (Å²) in [4.78, 5) is 21.2. The molecule has 0 spiro atoms. The van der Waals surface area contributed by atoms with Gasteiger partial charge < -0.3 is 10.6 Å². The molecule has 0 radical (unpaired) electrons. The molecule has 0 unspecified atom stereocenters. The van der Waals surface area contributed by atoms with Crippen LogP contribution in [0.5, 0.6) is 0 Å². The average Bonchev–Trinajstić information content (AvgIpc) is 2.60. The molecule has 3 aromatic rings. The van der Waals surface area contributed by atoms with Gasteiger partial charge in [0, 0.05) is 22.1 Å². The number of carbonyl (C=O) groups is 1. The third-order valence-corrected chi connectivity index (χ3v) is 4.20. The number of halogens is 1. The van der Waals surface area contributed by atoms with Gasteiger partial charge in [-0.15, -0.1) is 0 Å². The molecule has 3 rings (SSSR count). The third kappa shape index (κ3) is 4.37. The first-order valence-corrected chi connectivity index (χ1v) is 8.55. The van der Waals surface area contributed by atoms with E-state index in [0.29, 0.717) is 22.4 Å². The molecule has 0 saturated heterocycles. The van der Waals surface area contributed by atoms with Crippen molar-refractivity contribution in [1.82, 2.24) is 9.97 Å². The highest BCUT2D eigenvalue weighted by molar-refractivity contribution is 6.30. The molecule has 2 N–H and O–H groups in total. The number of aromatic nitrogens is 2. The number of anilines is 3. The molecule has 0 aliphatic heterocycles. The van der Waals surface area contributed by atoms with Gasteiger partial charge in [-0.25, -0.2) is 9.97 Å². The molecule has 1 aromatic heterocycles. The van der Waals surface area contributed by atoms with E-state index < -0.39 is 0 Å². The number of hydrogen-bond donors (Lipinski definition) is 2. The smallest absolute Gasteiger partial charge is 0.274 e. The first-order chi connectivity index (χ1) is 12.4. The largest absolute Gasteiger partial charge is 0.324 e. The summed E-state index contributed by atoms with van der Waals surface area (Å²) in [7, 11) is 0. The average molecular weight is 367 g/mol. The third-order valence-electron chi connectivity index (χ3n) is 3.95. The standard InChI is InChI=1S/C20H19ClN4O/c1-12-4-7-17(10-13(12)2)23-19(26)18-11-14(3)22-20(25-18)24-16-8-5-15(21)6-9-16/h4-11H,1-3H3,(H,23,26)(H,22,24,25). The Balaban J connectivity index is 1.80. The Morgan fingerprint density at radius 1 is 0.885 bits per heavy atom. The quantitative estimate of drug-likeness (QED) is 0.678. The molecule has 0 bridgehead atoms. The summed E-state index contributed by atoms with van der Waals surface area (Å²) in [5.41, 5.74) is 4.82. The van der Waals surface area contributed by atoms with Crippen molar-refractivity contribution >= 4 is 34.8 Å². The van der Waals surface area contributed by atoms with E-state index in [9.17, 15) is 4.79 Å². The summed E-state index contributed by atoms with van der Waals surface area (Å²) >= 11 is 5.89. The molecule has 0 saturated carbocycles. The van der Waals surface area contributed by atoms with Gasteiger partial charge in [0.1, 0.15) is 5.69 Å². The molecule has 2 aromatic carbocycles. The van der Waals surface area contributed by atoms with Crippen molar-refractivity contribution < 1.29 is 4.79 Å². The summed E-state index contributed by atoms with van der Waals surface area (Å²) in [6.45, 7) is 5.86. The number of hydrogen-bond acceptors (Lipinski definition) is 4. The number of nitrogens with zero attached hydrogens (tertiary/aromatic N) is 2. The van der Waals surface area contributed by atoms with Crippen LogP contribution in [0.4, 0.5) is 17.3 Å². The van der Waals surface area contributed by atoms with Crippen LogP contribution in [0.3, 0.4) is 0 Å². The van der Waals surface area contributed by atoms with E-state index in [0.717, 1.165) is 16.9 Å². The lowest BCUT2D eigenvalue weighted by molar-refractivity contribution is 0.102. The number of amides is 1. The summed E-state index contributed by atoms with van der Waals surface area (Å²) in [6.07, 6.45) is 0. The minimum Gasteiger partial charge on any atom is -0.324 e. The first-order valence-electron chi connectivity index (χ1n) is 8.17. The van der Waals surface area contributed by atoms with Gasteiger partial charge in [-0.05, 0) is 74.4 Å². The molecule has 1 amide bonds. The van der Waals surface area contributed by atoms with Crippen molar-refractivity contribution in [2.45, 2.75) is 20.8 Å². The SMILES string of the molecule is Cc1cc(C(=O)Nc2ccc(C)c(C)c2)nc(Nc2ccc(Cl)cc2)n1. The second-order valence-corrected chi connectivity index (χ2v) is 6.54. The molecule has 0 aliphatic carbocycles. The van der Waals surface area contributed by atoms with E-state index in [1.165, 1.54) is 5.56 Å². The summed E-state index contributed by atoms with van der Waals surface area (Å²) < 4.78 is 0. The van der Waals surface area contributed by atoms with Crippen molar-refractivity contribution in [3.8, 4) is 0 Å². The van der Waals surface area contributed by atoms with Crippen LogP contribution in [0.2, 0.25) is 5.02 Å². The molecular formula is C20H19ClN4O. The van der Waals surface area contributed by atoms with E-state index in [2.05, 4.69) is 20.6 Å². The maximum atomic E-state index is 12.6. The lowest BCUT2D eigenvalue weighted by atomic mass is 10.1. The summed E-state index contributed by atoms with van der Waals surface area (Å²) in [6, 6.07) is 14.6. The zero-order valence-corrected chi connectivity index (χ0v) is 15.6. The van der Waals surface area contributed by atoms with Gasteiger partial charge in [0.2, 0.25) is 5.95 Å². The molecule has 0 aliphatic rings. The predicted molar refractivity (Wildman–Crippen MR) is 105 cm³/mol. The van der Waals surface area contributed by atoms with Crippen LogP contribution in [0.25, 0.3) is 0 Å². The highest BCUT2D eigenvalue weighted by Crippen LogP contribution is 2.18. The summed E-state index contributed by atoms with van der Waals surface area (Å²) in [5.74, 6) is 0.0791. The number of benzene rings is 2. The molecular weight excluding hydrogens is 348 g/mol. The fourth-order valence-corrected chi connectivity index (χ4v) is 2.54. The fraction of sp³-hybridized carbons (Fsp3) is 0.150. The van der Waals surface area contributed by atoms with Crippen molar-refractivity contribution in [3.05, 3.63) is 76.1 Å². The van der Waals surface area contributed by atoms with Gasteiger partial charge in [-0.3, -0.25) is 4.79 Å². The normalized spacial score (nSPS) is 10.5. The Morgan fingerprint density at radius 2 is 1.58 bits per heavy atom. The van der Waals surface area contributed by atoms with Crippen LogP contribution in [-0.4, -0.2) is 15.9 Å². The molecule has 0 atom stereocenters. The molecule has 26 heavy (non-hydrogen) atoms. The van der Waals surface area contributed by atoms with Gasteiger partial charge in [-0.2, -0.15) is 0 Å².